The van der Waals surface area contributed by atoms with Crippen LogP contribution in [0.15, 0.2) is 16.1 Å². The fourth-order valence-corrected chi connectivity index (χ4v) is 4.76. The summed E-state index contributed by atoms with van der Waals surface area (Å²) in [4.78, 5) is 9.48. The molecule has 2 aliphatic heterocycles. The molecule has 0 amide bonds. The second kappa shape index (κ2) is 7.15. The van der Waals surface area contributed by atoms with Crippen LogP contribution in [0.1, 0.15) is 28.4 Å². The maximum Gasteiger partial charge on any atom is 0.138 e. The van der Waals surface area contributed by atoms with Crippen LogP contribution >= 0.6 is 11.3 Å². The van der Waals surface area contributed by atoms with Gasteiger partial charge in [-0.15, -0.1) is 11.3 Å². The van der Waals surface area contributed by atoms with Crippen LogP contribution in [-0.2, 0) is 17.8 Å². The maximum atomic E-state index is 6.01. The summed E-state index contributed by atoms with van der Waals surface area (Å²) >= 11 is 1.74. The van der Waals surface area contributed by atoms with Crippen molar-refractivity contribution in [2.45, 2.75) is 33.4 Å². The van der Waals surface area contributed by atoms with E-state index in [4.69, 9.17) is 9.26 Å². The van der Waals surface area contributed by atoms with Gasteiger partial charge in [0, 0.05) is 48.7 Å². The molecular weight excluding hydrogens is 336 g/mol. The molecule has 0 aromatic carbocycles. The summed E-state index contributed by atoms with van der Waals surface area (Å²) in [6.07, 6.45) is 3.09. The van der Waals surface area contributed by atoms with E-state index >= 15 is 0 Å². The van der Waals surface area contributed by atoms with Crippen LogP contribution in [0.3, 0.4) is 0 Å². The molecule has 7 heteroatoms. The Labute approximate surface area is 152 Å². The molecule has 2 aromatic heterocycles. The first-order valence-electron chi connectivity index (χ1n) is 8.96. The van der Waals surface area contributed by atoms with Crippen molar-refractivity contribution in [3.05, 3.63) is 33.6 Å². The number of hydrogen-bond acceptors (Lipinski definition) is 7. The van der Waals surface area contributed by atoms with Crippen LogP contribution in [0.25, 0.3) is 0 Å². The average Bonchev–Trinajstić information content (AvgIpc) is 3.27. The summed E-state index contributed by atoms with van der Waals surface area (Å²) in [5.41, 5.74) is 2.47. The van der Waals surface area contributed by atoms with Gasteiger partial charge in [0.2, 0.25) is 0 Å². The molecule has 0 N–H and O–H groups in total. The summed E-state index contributed by atoms with van der Waals surface area (Å²) in [5, 5.41) is 7.37. The van der Waals surface area contributed by atoms with Crippen LogP contribution in [0.2, 0.25) is 0 Å². The summed E-state index contributed by atoms with van der Waals surface area (Å²) in [6.45, 7) is 11.8. The van der Waals surface area contributed by atoms with Gasteiger partial charge in [-0.2, -0.15) is 0 Å². The molecule has 1 unspecified atom stereocenters. The smallest absolute Gasteiger partial charge is 0.138 e. The highest BCUT2D eigenvalue weighted by atomic mass is 32.1. The molecule has 4 rings (SSSR count). The molecule has 0 aliphatic carbocycles. The van der Waals surface area contributed by atoms with Gasteiger partial charge < -0.3 is 9.26 Å². The van der Waals surface area contributed by atoms with E-state index in [0.29, 0.717) is 0 Å². The Balaban J connectivity index is 1.43. The van der Waals surface area contributed by atoms with Crippen molar-refractivity contribution in [2.24, 2.45) is 5.41 Å². The van der Waals surface area contributed by atoms with E-state index in [9.17, 15) is 0 Å². The zero-order valence-electron chi connectivity index (χ0n) is 15.0. The van der Waals surface area contributed by atoms with Crippen LogP contribution in [0, 0.1) is 19.3 Å². The lowest BCUT2D eigenvalue weighted by molar-refractivity contribution is 0.0706. The van der Waals surface area contributed by atoms with Crippen LogP contribution in [0.4, 0.5) is 0 Å². The van der Waals surface area contributed by atoms with E-state index in [1.165, 1.54) is 17.0 Å². The van der Waals surface area contributed by atoms with E-state index in [0.717, 1.165) is 63.9 Å². The highest BCUT2D eigenvalue weighted by molar-refractivity contribution is 7.09. The van der Waals surface area contributed by atoms with E-state index in [-0.39, 0.29) is 5.41 Å². The summed E-state index contributed by atoms with van der Waals surface area (Å²) in [7, 11) is 0. The molecular formula is C18H26N4O2S. The summed E-state index contributed by atoms with van der Waals surface area (Å²) in [5.74, 6) is 0.938. The molecule has 2 aromatic rings. The maximum absolute atomic E-state index is 6.01. The first-order valence-corrected chi connectivity index (χ1v) is 9.84. The second-order valence-corrected chi connectivity index (χ2v) is 8.43. The van der Waals surface area contributed by atoms with Crippen molar-refractivity contribution in [2.75, 3.05) is 39.4 Å². The molecule has 0 radical (unpaired) electrons. The third-order valence-electron chi connectivity index (χ3n) is 5.44. The van der Waals surface area contributed by atoms with Gasteiger partial charge in [0.15, 0.2) is 0 Å². The van der Waals surface area contributed by atoms with Gasteiger partial charge in [0.1, 0.15) is 10.8 Å². The zero-order valence-corrected chi connectivity index (χ0v) is 15.8. The topological polar surface area (TPSA) is 54.6 Å². The third-order valence-corrected chi connectivity index (χ3v) is 6.21. The lowest BCUT2D eigenvalue weighted by Crippen LogP contribution is -2.40. The van der Waals surface area contributed by atoms with Crippen LogP contribution in [0.5, 0.6) is 0 Å². The minimum Gasteiger partial charge on any atom is -0.379 e. The van der Waals surface area contributed by atoms with Crippen LogP contribution < -0.4 is 0 Å². The number of hydrogen-bond donors (Lipinski definition) is 0. The zero-order chi connectivity index (χ0) is 17.3. The highest BCUT2D eigenvalue weighted by Crippen LogP contribution is 2.35. The Morgan fingerprint density at radius 3 is 2.76 bits per heavy atom. The molecule has 6 nitrogen and oxygen atoms in total. The molecule has 1 spiro atoms. The number of ether oxygens (including phenoxy) is 1. The van der Waals surface area contributed by atoms with Crippen molar-refractivity contribution < 1.29 is 9.26 Å². The Hall–Kier alpha value is -1.28. The molecule has 2 aliphatic rings. The van der Waals surface area contributed by atoms with Gasteiger partial charge in [-0.3, -0.25) is 9.80 Å². The van der Waals surface area contributed by atoms with Gasteiger partial charge in [-0.05, 0) is 26.8 Å². The van der Waals surface area contributed by atoms with Gasteiger partial charge in [0.05, 0.1) is 25.5 Å². The number of aromatic nitrogens is 2. The molecule has 2 saturated heterocycles. The van der Waals surface area contributed by atoms with Crippen molar-refractivity contribution in [3.63, 3.8) is 0 Å². The van der Waals surface area contributed by atoms with Crippen molar-refractivity contribution in [1.29, 1.82) is 0 Å². The number of nitrogens with zero attached hydrogens (tertiary/aromatic N) is 4. The van der Waals surface area contributed by atoms with E-state index in [1.807, 2.05) is 20.0 Å². The highest BCUT2D eigenvalue weighted by Gasteiger charge is 2.41. The minimum absolute atomic E-state index is 0.229. The van der Waals surface area contributed by atoms with Crippen molar-refractivity contribution in [1.82, 2.24) is 19.9 Å². The first kappa shape index (κ1) is 17.1. The van der Waals surface area contributed by atoms with E-state index in [1.54, 1.807) is 11.3 Å². The van der Waals surface area contributed by atoms with Crippen LogP contribution in [-0.4, -0.2) is 59.3 Å². The fourth-order valence-electron chi connectivity index (χ4n) is 4.10. The van der Waals surface area contributed by atoms with Gasteiger partial charge >= 0.3 is 0 Å². The predicted octanol–water partition coefficient (Wildman–Crippen LogP) is 2.47. The van der Waals surface area contributed by atoms with E-state index in [2.05, 4.69) is 25.3 Å². The molecule has 0 bridgehead atoms. The van der Waals surface area contributed by atoms with E-state index < -0.39 is 0 Å². The number of rotatable bonds is 4. The standard InChI is InChI=1S/C18H26N4O2S/c1-14-16(15(2)24-20-14)9-22-6-7-23-13-18(12-22)3-5-21(11-18)10-17-19-4-8-25-17/h4,8H,3,5-7,9-13H2,1-2H3. The van der Waals surface area contributed by atoms with Crippen molar-refractivity contribution in [3.8, 4) is 0 Å². The molecule has 136 valence electrons. The molecule has 0 saturated carbocycles. The van der Waals surface area contributed by atoms with Crippen molar-refractivity contribution >= 4 is 11.3 Å². The Kier molecular flexibility index (Phi) is 4.90. The quantitative estimate of drug-likeness (QED) is 0.833. The minimum atomic E-state index is 0.229. The molecule has 4 heterocycles. The lowest BCUT2D eigenvalue weighted by Gasteiger charge is -2.32. The predicted molar refractivity (Wildman–Crippen MR) is 96.5 cm³/mol. The molecule has 1 atom stereocenters. The SMILES string of the molecule is Cc1noc(C)c1CN1CCOCC2(CCN(Cc3nccs3)C2)C1. The first-order chi connectivity index (χ1) is 12.1. The van der Waals surface area contributed by atoms with Gasteiger partial charge in [0.25, 0.3) is 0 Å². The fraction of sp³-hybridized carbons (Fsp3) is 0.667. The lowest BCUT2D eigenvalue weighted by atomic mass is 9.87. The second-order valence-electron chi connectivity index (χ2n) is 7.45. The Bertz CT molecular complexity index is 683. The van der Waals surface area contributed by atoms with Gasteiger partial charge in [-0.25, -0.2) is 4.98 Å². The number of likely N-dealkylation sites (tertiary alicyclic amines) is 1. The Morgan fingerprint density at radius 2 is 2.04 bits per heavy atom. The summed E-state index contributed by atoms with van der Waals surface area (Å²) in [6, 6.07) is 0. The normalized spacial score (nSPS) is 25.7. The largest absolute Gasteiger partial charge is 0.379 e. The molecule has 25 heavy (non-hydrogen) atoms. The monoisotopic (exact) mass is 362 g/mol. The third kappa shape index (κ3) is 3.79. The number of thiazole rings is 1. The summed E-state index contributed by atoms with van der Waals surface area (Å²) < 4.78 is 11.3. The number of aryl methyl sites for hydroxylation is 2. The van der Waals surface area contributed by atoms with Gasteiger partial charge in [-0.1, -0.05) is 5.16 Å². The molecule has 2 fully saturated rings. The average molecular weight is 362 g/mol. The Morgan fingerprint density at radius 1 is 1.20 bits per heavy atom.